The Balaban J connectivity index is 1.29. The van der Waals surface area contributed by atoms with E-state index in [9.17, 15) is 32.7 Å². The summed E-state index contributed by atoms with van der Waals surface area (Å²) >= 11 is 18.9. The molecule has 0 bridgehead atoms. The van der Waals surface area contributed by atoms with Crippen LogP contribution in [0.15, 0.2) is 84.4 Å². The Hall–Kier alpha value is -5.38. The van der Waals surface area contributed by atoms with E-state index in [0.717, 1.165) is 28.2 Å². The fourth-order valence-corrected chi connectivity index (χ4v) is 9.79. The van der Waals surface area contributed by atoms with E-state index in [0.29, 0.717) is 33.0 Å². The van der Waals surface area contributed by atoms with E-state index < -0.39 is 87.9 Å². The smallest absolute Gasteiger partial charge is 0.433 e. The fourth-order valence-electron chi connectivity index (χ4n) is 9.11. The summed E-state index contributed by atoms with van der Waals surface area (Å²) in [4.78, 5) is 62.6. The van der Waals surface area contributed by atoms with Crippen molar-refractivity contribution in [3.8, 4) is 11.5 Å². The Morgan fingerprint density at radius 3 is 2.29 bits per heavy atom. The molecule has 2 aliphatic heterocycles. The largest absolute Gasteiger partial charge is 0.505 e. The zero-order valence-electron chi connectivity index (χ0n) is 30.2. The van der Waals surface area contributed by atoms with Crippen LogP contribution in [0.1, 0.15) is 35.6 Å². The van der Waals surface area contributed by atoms with E-state index in [2.05, 4.69) is 10.4 Å². The van der Waals surface area contributed by atoms with Crippen molar-refractivity contribution in [2.75, 3.05) is 24.6 Å². The summed E-state index contributed by atoms with van der Waals surface area (Å²) < 4.78 is 61.9. The molecular formula is C40H30Cl3F4N5O6. The maximum Gasteiger partial charge on any atom is 0.433 e. The highest BCUT2D eigenvalue weighted by atomic mass is 35.5. The number of methoxy groups -OCH3 is 1. The standard InChI is InChI=1S/C40H30Cl3F4N5O6/c1-50(34-26(42)11-14-31(48-34)40(45,46)47)52-35(54)23-10-9-22-24(32(23)37(52)56)17-25-36(55)51(49-29-12-6-20(41)16-27(29)43)38(57)39(25,19-4-7-21(58-2)8-5-19)33(22)18-3-13-30(53)28(44)15-18/h3-9,11-16,23-25,32-33,49,53H,10,17H2,1-2H3/t23-,24+,25-,32-,33-,39+/m0/s1. The number of hydrazine groups is 2. The number of carbonyl (C=O) groups excluding carboxylic acids is 4. The summed E-state index contributed by atoms with van der Waals surface area (Å²) in [7, 11) is 2.65. The zero-order chi connectivity index (χ0) is 41.6. The van der Waals surface area contributed by atoms with Crippen molar-refractivity contribution in [2.24, 2.45) is 23.7 Å². The summed E-state index contributed by atoms with van der Waals surface area (Å²) in [5, 5.41) is 12.8. The molecule has 6 atom stereocenters. The van der Waals surface area contributed by atoms with Gasteiger partial charge >= 0.3 is 6.18 Å². The van der Waals surface area contributed by atoms with E-state index in [1.807, 2.05) is 0 Å². The number of alkyl halides is 3. The van der Waals surface area contributed by atoms with Crippen LogP contribution < -0.4 is 15.2 Å². The van der Waals surface area contributed by atoms with Gasteiger partial charge in [0.05, 0.1) is 46.0 Å². The van der Waals surface area contributed by atoms with Gasteiger partial charge in [-0.05, 0) is 84.5 Å². The number of hydrogen-bond acceptors (Lipinski definition) is 9. The number of fused-ring (bicyclic) bond motifs is 4. The molecule has 58 heavy (non-hydrogen) atoms. The van der Waals surface area contributed by atoms with Crippen LogP contribution in [-0.4, -0.2) is 57.9 Å². The number of halogens is 7. The SMILES string of the molecule is COc1ccc([C@@]23C(=O)N(Nc4ccc(Cl)cc4Cl)C(=O)[C@@H]2C[C@@H]2C(=CC[C@@H]4C(=O)N(N(C)c5nc(C(F)(F)F)ccc5Cl)C(=O)[C@@H]42)[C@@H]3c2ccc(O)c(F)c2)cc1. The first-order valence-corrected chi connectivity index (χ1v) is 18.9. The van der Waals surface area contributed by atoms with Crippen molar-refractivity contribution in [3.05, 3.63) is 122 Å². The van der Waals surface area contributed by atoms with Crippen molar-refractivity contribution in [1.29, 1.82) is 0 Å². The van der Waals surface area contributed by atoms with Gasteiger partial charge < -0.3 is 9.84 Å². The van der Waals surface area contributed by atoms with Crippen LogP contribution in [0, 0.1) is 29.5 Å². The Morgan fingerprint density at radius 2 is 1.64 bits per heavy atom. The van der Waals surface area contributed by atoms with Gasteiger partial charge in [-0.1, -0.05) is 64.7 Å². The molecule has 2 saturated heterocycles. The van der Waals surface area contributed by atoms with Gasteiger partial charge in [-0.3, -0.25) is 29.6 Å². The highest BCUT2D eigenvalue weighted by Gasteiger charge is 2.70. The molecule has 0 unspecified atom stereocenters. The lowest BCUT2D eigenvalue weighted by atomic mass is 9.49. The number of phenols is 1. The minimum Gasteiger partial charge on any atom is -0.505 e. The molecule has 11 nitrogen and oxygen atoms in total. The molecule has 2 N–H and O–H groups in total. The summed E-state index contributed by atoms with van der Waals surface area (Å²) in [5.74, 6) is -10.3. The number of rotatable bonds is 7. The maximum atomic E-state index is 15.4. The first-order chi connectivity index (χ1) is 27.5. The van der Waals surface area contributed by atoms with E-state index in [-0.39, 0.29) is 34.1 Å². The first-order valence-electron chi connectivity index (χ1n) is 17.8. The van der Waals surface area contributed by atoms with Crippen molar-refractivity contribution in [2.45, 2.75) is 30.4 Å². The van der Waals surface area contributed by atoms with Gasteiger partial charge in [0.25, 0.3) is 23.6 Å². The van der Waals surface area contributed by atoms with Crippen molar-refractivity contribution < 1.29 is 46.6 Å². The molecule has 8 rings (SSSR count). The average Bonchev–Trinajstić information content (AvgIpc) is 3.57. The Bertz CT molecular complexity index is 2450. The number of hydrogen-bond donors (Lipinski definition) is 2. The monoisotopic (exact) mass is 857 g/mol. The second-order valence-corrected chi connectivity index (χ2v) is 15.7. The molecule has 1 saturated carbocycles. The van der Waals surface area contributed by atoms with Crippen molar-refractivity contribution in [3.63, 3.8) is 0 Å². The number of nitrogens with one attached hydrogen (secondary N) is 1. The van der Waals surface area contributed by atoms with Crippen LogP contribution in [0.2, 0.25) is 15.1 Å². The quantitative estimate of drug-likeness (QED) is 0.108. The van der Waals surface area contributed by atoms with Gasteiger partial charge in [0.2, 0.25) is 0 Å². The first kappa shape index (κ1) is 39.4. The van der Waals surface area contributed by atoms with E-state index in [1.54, 1.807) is 30.3 Å². The van der Waals surface area contributed by atoms with Gasteiger partial charge in [-0.15, -0.1) is 0 Å². The van der Waals surface area contributed by atoms with Gasteiger partial charge in [0.1, 0.15) is 11.4 Å². The molecule has 18 heteroatoms. The number of anilines is 2. The van der Waals surface area contributed by atoms with Crippen LogP contribution in [-0.2, 0) is 30.8 Å². The predicted octanol–water partition coefficient (Wildman–Crippen LogP) is 7.95. The molecular weight excluding hydrogens is 829 g/mol. The molecule has 3 heterocycles. The average molecular weight is 859 g/mol. The number of aromatic nitrogens is 1. The van der Waals surface area contributed by atoms with Gasteiger partial charge in [0, 0.05) is 18.0 Å². The van der Waals surface area contributed by atoms with E-state index in [4.69, 9.17) is 39.5 Å². The van der Waals surface area contributed by atoms with Gasteiger partial charge in [-0.2, -0.15) is 23.2 Å². The highest BCUT2D eigenvalue weighted by Crippen LogP contribution is 2.64. The summed E-state index contributed by atoms with van der Waals surface area (Å²) in [6.45, 7) is 0. The third-order valence-electron chi connectivity index (χ3n) is 11.6. The molecule has 4 aliphatic rings. The fraction of sp³-hybridized carbons (Fsp3) is 0.275. The van der Waals surface area contributed by atoms with Crippen LogP contribution in [0.25, 0.3) is 0 Å². The van der Waals surface area contributed by atoms with Crippen LogP contribution in [0.3, 0.4) is 0 Å². The number of pyridine rings is 1. The van der Waals surface area contributed by atoms with E-state index in [1.165, 1.54) is 38.4 Å². The maximum absolute atomic E-state index is 15.4. The number of amides is 4. The van der Waals surface area contributed by atoms with Crippen LogP contribution in [0.4, 0.5) is 29.1 Å². The van der Waals surface area contributed by atoms with Crippen molar-refractivity contribution >= 4 is 69.9 Å². The van der Waals surface area contributed by atoms with Gasteiger partial charge in [0.15, 0.2) is 17.4 Å². The molecule has 2 aliphatic carbocycles. The second kappa shape index (κ2) is 14.2. The van der Waals surface area contributed by atoms with Gasteiger partial charge in [-0.25, -0.2) is 9.37 Å². The van der Waals surface area contributed by atoms with Crippen LogP contribution >= 0.6 is 34.8 Å². The molecule has 3 fully saturated rings. The summed E-state index contributed by atoms with van der Waals surface area (Å²) in [6.07, 6.45) is -3.37. The second-order valence-electron chi connectivity index (χ2n) is 14.4. The van der Waals surface area contributed by atoms with E-state index >= 15 is 9.18 Å². The minimum absolute atomic E-state index is 0.0555. The number of nitrogens with zero attached hydrogens (tertiary/aromatic N) is 4. The molecule has 1 aromatic heterocycles. The number of phenolic OH excluding ortho intramolecular Hbond substituents is 1. The molecule has 0 radical (unpaired) electrons. The Morgan fingerprint density at radius 1 is 0.914 bits per heavy atom. The summed E-state index contributed by atoms with van der Waals surface area (Å²) in [6, 6.07) is 16.1. The number of carbonyl (C=O) groups is 4. The third kappa shape index (κ3) is 5.96. The number of benzene rings is 3. The highest BCUT2D eigenvalue weighted by molar-refractivity contribution is 6.36. The topological polar surface area (TPSA) is 132 Å². The lowest BCUT2D eigenvalue weighted by molar-refractivity contribution is -0.142. The lowest BCUT2D eigenvalue weighted by Crippen LogP contribution is -2.53. The Labute approximate surface area is 342 Å². The lowest BCUT2D eigenvalue weighted by Gasteiger charge is -2.50. The zero-order valence-corrected chi connectivity index (χ0v) is 32.5. The molecule has 0 spiro atoms. The predicted molar refractivity (Wildman–Crippen MR) is 203 cm³/mol. The molecule has 4 aromatic rings. The third-order valence-corrected chi connectivity index (χ3v) is 12.4. The number of allylic oxidation sites excluding steroid dienone is 2. The Kier molecular flexibility index (Phi) is 9.64. The van der Waals surface area contributed by atoms with Crippen molar-refractivity contribution in [1.82, 2.24) is 15.0 Å². The molecule has 300 valence electrons. The molecule has 3 aromatic carbocycles. The minimum atomic E-state index is -4.86. The number of aromatic hydroxyl groups is 1. The summed E-state index contributed by atoms with van der Waals surface area (Å²) in [5.41, 5.74) is 0.893. The normalized spacial score (nSPS) is 25.3. The molecule has 4 amide bonds. The number of ether oxygens (including phenoxy) is 1. The van der Waals surface area contributed by atoms with Crippen LogP contribution in [0.5, 0.6) is 11.5 Å². The number of imide groups is 2.